The van der Waals surface area contributed by atoms with E-state index in [1.165, 1.54) is 25.9 Å². The van der Waals surface area contributed by atoms with Crippen LogP contribution >= 0.6 is 0 Å². The Balaban J connectivity index is 1.70. The zero-order valence-electron chi connectivity index (χ0n) is 10.5. The van der Waals surface area contributed by atoms with Gasteiger partial charge in [0.15, 0.2) is 0 Å². The predicted octanol–water partition coefficient (Wildman–Crippen LogP) is 2.82. The van der Waals surface area contributed by atoms with Gasteiger partial charge in [-0.2, -0.15) is 0 Å². The first-order valence-corrected chi connectivity index (χ1v) is 6.51. The third kappa shape index (κ3) is 3.11. The zero-order valence-corrected chi connectivity index (χ0v) is 10.5. The second-order valence-corrected chi connectivity index (χ2v) is 5.04. The highest BCUT2D eigenvalue weighted by Crippen LogP contribution is 2.22. The summed E-state index contributed by atoms with van der Waals surface area (Å²) in [6.07, 6.45) is 9.33. The fraction of sp³-hybridized carbons (Fsp3) is 0.714. The largest absolute Gasteiger partial charge is 0.493 e. The van der Waals surface area contributed by atoms with Crippen molar-refractivity contribution >= 4 is 0 Å². The Labute approximate surface area is 99.0 Å². The highest BCUT2D eigenvalue weighted by atomic mass is 16.5. The molecular weight excluding hydrogens is 198 g/mol. The molecule has 1 heterocycles. The quantitative estimate of drug-likeness (QED) is 0.724. The molecule has 16 heavy (non-hydrogen) atoms. The van der Waals surface area contributed by atoms with Crippen LogP contribution in [0.1, 0.15) is 26.7 Å². The summed E-state index contributed by atoms with van der Waals surface area (Å²) in [5.74, 6) is 2.31. The molecule has 0 bridgehead atoms. The van der Waals surface area contributed by atoms with Crippen LogP contribution in [0, 0.1) is 11.8 Å². The van der Waals surface area contributed by atoms with E-state index < -0.39 is 0 Å². The molecule has 0 aromatic carbocycles. The molecule has 0 aromatic heterocycles. The second kappa shape index (κ2) is 5.53. The average molecular weight is 221 g/mol. The SMILES string of the molecule is CC1C=CC(OCCN2CCCC2)=CC1C. The molecule has 0 radical (unpaired) electrons. The van der Waals surface area contributed by atoms with Crippen LogP contribution in [-0.4, -0.2) is 31.1 Å². The lowest BCUT2D eigenvalue weighted by Gasteiger charge is -2.20. The number of ether oxygens (including phenoxy) is 1. The van der Waals surface area contributed by atoms with Crippen LogP contribution in [0.4, 0.5) is 0 Å². The Morgan fingerprint density at radius 3 is 2.69 bits per heavy atom. The summed E-state index contributed by atoms with van der Waals surface area (Å²) in [7, 11) is 0. The van der Waals surface area contributed by atoms with Crippen LogP contribution in [0.3, 0.4) is 0 Å². The van der Waals surface area contributed by atoms with Gasteiger partial charge in [0.2, 0.25) is 0 Å². The van der Waals surface area contributed by atoms with Crippen molar-refractivity contribution in [3.63, 3.8) is 0 Å². The third-order valence-corrected chi connectivity index (χ3v) is 3.70. The van der Waals surface area contributed by atoms with E-state index in [2.05, 4.69) is 37.0 Å². The molecule has 0 amide bonds. The van der Waals surface area contributed by atoms with Gasteiger partial charge in [-0.1, -0.05) is 19.9 Å². The van der Waals surface area contributed by atoms with Crippen LogP contribution in [0.2, 0.25) is 0 Å². The minimum absolute atomic E-state index is 0.604. The van der Waals surface area contributed by atoms with E-state index in [-0.39, 0.29) is 0 Å². The van der Waals surface area contributed by atoms with E-state index in [1.807, 2.05) is 0 Å². The lowest BCUT2D eigenvalue weighted by atomic mass is 9.91. The lowest BCUT2D eigenvalue weighted by molar-refractivity contribution is 0.176. The van der Waals surface area contributed by atoms with Gasteiger partial charge in [0, 0.05) is 6.54 Å². The summed E-state index contributed by atoms with van der Waals surface area (Å²) < 4.78 is 5.80. The number of allylic oxidation sites excluding steroid dienone is 3. The molecule has 1 fully saturated rings. The Hall–Kier alpha value is -0.760. The standard InChI is InChI=1S/C14H23NO/c1-12-5-6-14(11-13(12)2)16-10-9-15-7-3-4-8-15/h5-6,11-13H,3-4,7-10H2,1-2H3. The van der Waals surface area contributed by atoms with Crippen LogP contribution in [0.5, 0.6) is 0 Å². The maximum atomic E-state index is 5.80. The molecule has 0 aromatic rings. The third-order valence-electron chi connectivity index (χ3n) is 3.70. The summed E-state index contributed by atoms with van der Waals surface area (Å²) in [5, 5.41) is 0. The van der Waals surface area contributed by atoms with E-state index in [1.54, 1.807) is 0 Å². The molecule has 2 heteroatoms. The summed E-state index contributed by atoms with van der Waals surface area (Å²) in [6.45, 7) is 8.92. The number of likely N-dealkylation sites (tertiary alicyclic amines) is 1. The van der Waals surface area contributed by atoms with E-state index in [9.17, 15) is 0 Å². The van der Waals surface area contributed by atoms with E-state index in [0.29, 0.717) is 11.8 Å². The van der Waals surface area contributed by atoms with E-state index in [0.717, 1.165) is 18.9 Å². The Morgan fingerprint density at radius 1 is 1.25 bits per heavy atom. The summed E-state index contributed by atoms with van der Waals surface area (Å²) in [6, 6.07) is 0. The second-order valence-electron chi connectivity index (χ2n) is 5.04. The summed E-state index contributed by atoms with van der Waals surface area (Å²) >= 11 is 0. The monoisotopic (exact) mass is 221 g/mol. The molecular formula is C14H23NO. The Morgan fingerprint density at radius 2 is 2.00 bits per heavy atom. The molecule has 0 saturated carbocycles. The highest BCUT2D eigenvalue weighted by molar-refractivity contribution is 5.19. The topological polar surface area (TPSA) is 12.5 Å². The van der Waals surface area contributed by atoms with Crippen LogP contribution in [0.25, 0.3) is 0 Å². The van der Waals surface area contributed by atoms with Crippen molar-refractivity contribution < 1.29 is 4.74 Å². The normalized spacial score (nSPS) is 30.5. The van der Waals surface area contributed by atoms with Gasteiger partial charge >= 0.3 is 0 Å². The molecule has 0 spiro atoms. The molecule has 2 unspecified atom stereocenters. The Kier molecular flexibility index (Phi) is 4.05. The minimum Gasteiger partial charge on any atom is -0.493 e. The maximum absolute atomic E-state index is 5.80. The van der Waals surface area contributed by atoms with Gasteiger partial charge in [-0.25, -0.2) is 0 Å². The van der Waals surface area contributed by atoms with Crippen molar-refractivity contribution in [3.05, 3.63) is 24.0 Å². The highest BCUT2D eigenvalue weighted by Gasteiger charge is 2.14. The number of hydrogen-bond donors (Lipinski definition) is 0. The van der Waals surface area contributed by atoms with Crippen LogP contribution in [0.15, 0.2) is 24.0 Å². The smallest absolute Gasteiger partial charge is 0.115 e. The van der Waals surface area contributed by atoms with Gasteiger partial charge in [0.05, 0.1) is 0 Å². The lowest BCUT2D eigenvalue weighted by Crippen LogP contribution is -2.24. The summed E-state index contributed by atoms with van der Waals surface area (Å²) in [4.78, 5) is 2.49. The van der Waals surface area contributed by atoms with Gasteiger partial charge in [-0.05, 0) is 49.9 Å². The van der Waals surface area contributed by atoms with Crippen molar-refractivity contribution in [1.82, 2.24) is 4.90 Å². The van der Waals surface area contributed by atoms with Gasteiger partial charge in [-0.15, -0.1) is 0 Å². The molecule has 1 aliphatic heterocycles. The van der Waals surface area contributed by atoms with Crippen LogP contribution in [-0.2, 0) is 4.74 Å². The van der Waals surface area contributed by atoms with Crippen molar-refractivity contribution in [1.29, 1.82) is 0 Å². The van der Waals surface area contributed by atoms with Crippen molar-refractivity contribution in [3.8, 4) is 0 Å². The summed E-state index contributed by atoms with van der Waals surface area (Å²) in [5.41, 5.74) is 0. The van der Waals surface area contributed by atoms with Gasteiger partial charge in [0.1, 0.15) is 12.4 Å². The van der Waals surface area contributed by atoms with E-state index >= 15 is 0 Å². The predicted molar refractivity (Wildman–Crippen MR) is 67.2 cm³/mol. The Bertz CT molecular complexity index is 276. The first-order valence-electron chi connectivity index (χ1n) is 6.51. The number of rotatable bonds is 4. The molecule has 2 nitrogen and oxygen atoms in total. The molecule has 2 aliphatic rings. The van der Waals surface area contributed by atoms with Gasteiger partial charge in [0.25, 0.3) is 0 Å². The fourth-order valence-electron chi connectivity index (χ4n) is 2.28. The first-order chi connectivity index (χ1) is 7.75. The molecule has 1 saturated heterocycles. The molecule has 2 rings (SSSR count). The van der Waals surface area contributed by atoms with Crippen LogP contribution < -0.4 is 0 Å². The zero-order chi connectivity index (χ0) is 11.4. The average Bonchev–Trinajstić information content (AvgIpc) is 2.76. The minimum atomic E-state index is 0.604. The van der Waals surface area contributed by atoms with Crippen molar-refractivity contribution in [2.24, 2.45) is 11.8 Å². The van der Waals surface area contributed by atoms with Crippen molar-refractivity contribution in [2.45, 2.75) is 26.7 Å². The molecule has 0 N–H and O–H groups in total. The van der Waals surface area contributed by atoms with E-state index in [4.69, 9.17) is 4.74 Å². The van der Waals surface area contributed by atoms with Gasteiger partial charge < -0.3 is 4.74 Å². The maximum Gasteiger partial charge on any atom is 0.115 e. The number of nitrogens with zero attached hydrogens (tertiary/aromatic N) is 1. The number of hydrogen-bond acceptors (Lipinski definition) is 2. The molecule has 2 atom stereocenters. The molecule has 1 aliphatic carbocycles. The fourth-order valence-corrected chi connectivity index (χ4v) is 2.28. The molecule has 90 valence electrons. The van der Waals surface area contributed by atoms with Gasteiger partial charge in [-0.3, -0.25) is 4.90 Å². The first kappa shape index (κ1) is 11.7. The van der Waals surface area contributed by atoms with Crippen molar-refractivity contribution in [2.75, 3.05) is 26.2 Å².